The Morgan fingerprint density at radius 2 is 1.46 bits per heavy atom. The van der Waals surface area contributed by atoms with Gasteiger partial charge >= 0.3 is 35.8 Å². The molecule has 1 aliphatic rings. The van der Waals surface area contributed by atoms with Crippen molar-refractivity contribution in [1.29, 1.82) is 0 Å². The highest BCUT2D eigenvalue weighted by Gasteiger charge is 2.59. The van der Waals surface area contributed by atoms with Crippen molar-refractivity contribution >= 4 is 59.4 Å². The van der Waals surface area contributed by atoms with Crippen LogP contribution in [0.15, 0.2) is 77.7 Å². The maximum absolute atomic E-state index is 13.9. The molecule has 6 atom stereocenters. The lowest BCUT2D eigenvalue weighted by Crippen LogP contribution is -2.68. The van der Waals surface area contributed by atoms with Crippen molar-refractivity contribution < 1.29 is 71.5 Å². The van der Waals surface area contributed by atoms with Crippen LogP contribution in [0.2, 0.25) is 0 Å². The Labute approximate surface area is 356 Å². The summed E-state index contributed by atoms with van der Waals surface area (Å²) in [5, 5.41) is 5.26. The molecule has 1 fully saturated rings. The second-order valence-electron chi connectivity index (χ2n) is 14.0. The van der Waals surface area contributed by atoms with Gasteiger partial charge < -0.3 is 43.8 Å². The molecule has 1 saturated heterocycles. The number of carbonyl (C=O) groups excluding carboxylic acids is 8. The Hall–Kier alpha value is -6.27. The maximum atomic E-state index is 13.9. The van der Waals surface area contributed by atoms with E-state index in [1.807, 2.05) is 37.3 Å². The summed E-state index contributed by atoms with van der Waals surface area (Å²) in [5.74, 6) is -6.43. The lowest BCUT2D eigenvalue weighted by atomic mass is 9.89. The monoisotopic (exact) mass is 864 g/mol. The third-order valence-corrected chi connectivity index (χ3v) is 10.3. The van der Waals surface area contributed by atoms with Gasteiger partial charge in [-0.2, -0.15) is 0 Å². The molecule has 1 aliphatic heterocycles. The minimum atomic E-state index is -2.06. The van der Waals surface area contributed by atoms with Crippen LogP contribution in [0, 0.1) is 6.92 Å². The summed E-state index contributed by atoms with van der Waals surface area (Å²) in [6.07, 6.45) is -7.22. The maximum Gasteiger partial charge on any atom is 0.349 e. The van der Waals surface area contributed by atoms with Gasteiger partial charge in [0.1, 0.15) is 18.0 Å². The molecule has 0 unspecified atom stereocenters. The van der Waals surface area contributed by atoms with Crippen molar-refractivity contribution in [2.24, 2.45) is 0 Å². The first-order chi connectivity index (χ1) is 28.9. The molecule has 0 bridgehead atoms. The number of thioether (sulfide) groups is 1. The number of esters is 6. The van der Waals surface area contributed by atoms with Gasteiger partial charge in [0.25, 0.3) is 5.91 Å². The molecule has 4 rings (SSSR count). The Bertz CT molecular complexity index is 2090. The number of methoxy groups -OCH3 is 1. The fourth-order valence-corrected chi connectivity index (χ4v) is 7.73. The Balaban J connectivity index is 1.78. The van der Waals surface area contributed by atoms with E-state index in [1.165, 1.54) is 6.92 Å². The van der Waals surface area contributed by atoms with Crippen LogP contribution in [0.4, 0.5) is 0 Å². The molecule has 3 aromatic rings. The minimum absolute atomic E-state index is 0.128. The zero-order chi connectivity index (χ0) is 44.9. The average molecular weight is 865 g/mol. The normalized spacial score (nSPS) is 19.2. The first-order valence-corrected chi connectivity index (χ1v) is 19.8. The van der Waals surface area contributed by atoms with Crippen molar-refractivity contribution in [2.75, 3.05) is 20.3 Å². The van der Waals surface area contributed by atoms with Gasteiger partial charge in [-0.15, -0.1) is 0 Å². The van der Waals surface area contributed by atoms with Gasteiger partial charge in [-0.25, -0.2) is 4.79 Å². The Morgan fingerprint density at radius 1 is 0.787 bits per heavy atom. The molecular formula is C43H48N2O15S. The molecule has 0 radical (unpaired) electrons. The zero-order valence-corrected chi connectivity index (χ0v) is 35.5. The van der Waals surface area contributed by atoms with Crippen LogP contribution in [0.5, 0.6) is 5.75 Å². The summed E-state index contributed by atoms with van der Waals surface area (Å²) in [4.78, 5) is 101. The zero-order valence-electron chi connectivity index (χ0n) is 34.7. The fourth-order valence-electron chi connectivity index (χ4n) is 6.50. The number of hydrogen-bond acceptors (Lipinski definition) is 16. The Kier molecular flexibility index (Phi) is 17.0. The average Bonchev–Trinajstić information content (AvgIpc) is 3.19. The number of aryl methyl sites for hydroxylation is 1. The number of hydrogen-bond donors (Lipinski definition) is 2. The lowest BCUT2D eigenvalue weighted by Gasteiger charge is -2.48. The number of amides is 2. The van der Waals surface area contributed by atoms with E-state index in [2.05, 4.69) is 10.6 Å². The van der Waals surface area contributed by atoms with Gasteiger partial charge in [0, 0.05) is 51.5 Å². The van der Waals surface area contributed by atoms with Crippen LogP contribution < -0.4 is 15.4 Å². The van der Waals surface area contributed by atoms with E-state index >= 15 is 0 Å². The molecule has 61 heavy (non-hydrogen) atoms. The predicted molar refractivity (Wildman–Crippen MR) is 216 cm³/mol. The molecule has 326 valence electrons. The number of carbonyl (C=O) groups is 8. The van der Waals surface area contributed by atoms with Gasteiger partial charge in [0.05, 0.1) is 26.1 Å². The number of ether oxygens (including phenoxy) is 7. The topological polar surface area (TPSA) is 225 Å². The van der Waals surface area contributed by atoms with E-state index in [0.717, 1.165) is 63.3 Å². The van der Waals surface area contributed by atoms with E-state index in [9.17, 15) is 38.4 Å². The van der Waals surface area contributed by atoms with Crippen molar-refractivity contribution in [1.82, 2.24) is 10.6 Å². The van der Waals surface area contributed by atoms with Crippen LogP contribution in [-0.2, 0) is 73.2 Å². The molecule has 2 N–H and O–H groups in total. The highest BCUT2D eigenvalue weighted by Crippen LogP contribution is 2.46. The van der Waals surface area contributed by atoms with E-state index in [-0.39, 0.29) is 12.2 Å². The molecule has 0 aliphatic carbocycles. The van der Waals surface area contributed by atoms with Gasteiger partial charge in [-0.1, -0.05) is 71.9 Å². The van der Waals surface area contributed by atoms with Crippen molar-refractivity contribution in [3.05, 3.63) is 83.9 Å². The summed E-state index contributed by atoms with van der Waals surface area (Å²) in [7, 11) is 1.11. The first-order valence-electron chi connectivity index (χ1n) is 19.0. The van der Waals surface area contributed by atoms with Crippen molar-refractivity contribution in [3.8, 4) is 16.9 Å². The highest BCUT2D eigenvalue weighted by atomic mass is 32.2. The molecule has 3 aromatic carbocycles. The third kappa shape index (κ3) is 13.9. The molecule has 17 nitrogen and oxygen atoms in total. The molecule has 1 heterocycles. The quantitative estimate of drug-likeness (QED) is 0.112. The van der Waals surface area contributed by atoms with Crippen molar-refractivity contribution in [3.63, 3.8) is 0 Å². The van der Waals surface area contributed by atoms with Gasteiger partial charge in [0.15, 0.2) is 18.8 Å². The summed E-state index contributed by atoms with van der Waals surface area (Å²) < 4.78 is 39.2. The highest BCUT2D eigenvalue weighted by molar-refractivity contribution is 8.01. The molecule has 0 aromatic heterocycles. The van der Waals surface area contributed by atoms with Gasteiger partial charge in [0.2, 0.25) is 10.8 Å². The van der Waals surface area contributed by atoms with E-state index in [0.29, 0.717) is 10.5 Å². The Morgan fingerprint density at radius 3 is 2.05 bits per heavy atom. The lowest BCUT2D eigenvalue weighted by molar-refractivity contribution is -0.221. The molecule has 18 heteroatoms. The van der Waals surface area contributed by atoms with Crippen LogP contribution in [0.25, 0.3) is 11.1 Å². The summed E-state index contributed by atoms with van der Waals surface area (Å²) in [6.45, 7) is 6.04. The largest absolute Gasteiger partial charge is 0.466 e. The van der Waals surface area contributed by atoms with E-state index in [1.54, 1.807) is 42.5 Å². The standard InChI is InChI=1S/C43H48N2O15S/c1-24-13-17-33(18-14-24)61-43(42(53)54-7)21-35(57-27(4)48)39(45-38(52)23-55-25(2)46)41(60-43)40(59-29(6)50)36(58-28(5)49)22-44-37(51)20-32-16-15-31(19-34(32)56-26(3)47)30-11-9-8-10-12-30/h8-19,35-36,39-41H,20-23H2,1-7H3,(H,44,51)(H,45,52)/t35-,36+,39+,40+,41+,43+/m0/s1. The second-order valence-corrected chi connectivity index (χ2v) is 15.3. The summed E-state index contributed by atoms with van der Waals surface area (Å²) >= 11 is 0.885. The van der Waals surface area contributed by atoms with Gasteiger partial charge in [-0.05, 0) is 36.2 Å². The van der Waals surface area contributed by atoms with Crippen LogP contribution in [-0.4, -0.2) is 103 Å². The smallest absolute Gasteiger partial charge is 0.349 e. The first kappa shape index (κ1) is 47.4. The summed E-state index contributed by atoms with van der Waals surface area (Å²) in [6, 6.07) is 19.8. The minimum Gasteiger partial charge on any atom is -0.466 e. The van der Waals surface area contributed by atoms with Crippen molar-refractivity contribution in [2.45, 2.75) is 94.7 Å². The summed E-state index contributed by atoms with van der Waals surface area (Å²) in [5.41, 5.74) is 2.79. The van der Waals surface area contributed by atoms with Gasteiger partial charge in [-0.3, -0.25) is 33.6 Å². The molecular weight excluding hydrogens is 817 g/mol. The van der Waals surface area contributed by atoms with Crippen LogP contribution in [0.3, 0.4) is 0 Å². The van der Waals surface area contributed by atoms with E-state index < -0.39 is 103 Å². The predicted octanol–water partition coefficient (Wildman–Crippen LogP) is 3.54. The number of rotatable bonds is 17. The van der Waals surface area contributed by atoms with E-state index in [4.69, 9.17) is 33.2 Å². The fraction of sp³-hybridized carbons (Fsp3) is 0.395. The number of nitrogens with one attached hydrogen (secondary N) is 2. The van der Waals surface area contributed by atoms with Crippen LogP contribution in [0.1, 0.15) is 52.2 Å². The molecule has 0 saturated carbocycles. The second kappa shape index (κ2) is 21.8. The molecule has 2 amide bonds. The SMILES string of the molecule is COC(=O)[C@]1(Sc2ccc(C)cc2)C[C@H](OC(C)=O)[C@@H](NC(=O)COC(C)=O)[C@H]([C@H](OC(C)=O)[C@@H](CNC(=O)Cc2ccc(-c3ccccc3)cc2OC(C)=O)OC(C)=O)O1. The third-order valence-electron chi connectivity index (χ3n) is 8.99. The number of benzene rings is 3. The molecule has 0 spiro atoms. The van der Waals surface area contributed by atoms with Crippen LogP contribution >= 0.6 is 11.8 Å².